The van der Waals surface area contributed by atoms with Gasteiger partial charge < -0.3 is 9.84 Å². The Hall–Kier alpha value is -2.10. The van der Waals surface area contributed by atoms with E-state index >= 15 is 0 Å². The third-order valence-corrected chi connectivity index (χ3v) is 2.08. The van der Waals surface area contributed by atoms with Crippen molar-refractivity contribution in [3.8, 4) is 5.75 Å². The SMILES string of the molecule is C=C(C)C(=O)c1ccc(OC)c(C(=O)O)c1. The maximum atomic E-state index is 11.6. The lowest BCUT2D eigenvalue weighted by atomic mass is 10.0. The second-order valence-electron chi connectivity index (χ2n) is 3.33. The molecule has 0 saturated carbocycles. The van der Waals surface area contributed by atoms with Gasteiger partial charge in [-0.3, -0.25) is 4.79 Å². The molecule has 0 aromatic heterocycles. The van der Waals surface area contributed by atoms with Crippen LogP contribution in [0.25, 0.3) is 0 Å². The highest BCUT2D eigenvalue weighted by Gasteiger charge is 2.15. The first-order chi connectivity index (χ1) is 7.47. The minimum absolute atomic E-state index is 0.0328. The van der Waals surface area contributed by atoms with Gasteiger partial charge in [-0.15, -0.1) is 0 Å². The van der Waals surface area contributed by atoms with Gasteiger partial charge in [0.1, 0.15) is 11.3 Å². The van der Waals surface area contributed by atoms with Crippen molar-refractivity contribution in [3.05, 3.63) is 41.5 Å². The highest BCUT2D eigenvalue weighted by Crippen LogP contribution is 2.21. The van der Waals surface area contributed by atoms with Gasteiger partial charge in [0.15, 0.2) is 5.78 Å². The van der Waals surface area contributed by atoms with Crippen molar-refractivity contribution in [3.63, 3.8) is 0 Å². The number of rotatable bonds is 4. The number of aromatic carboxylic acids is 1. The van der Waals surface area contributed by atoms with Gasteiger partial charge in [0.05, 0.1) is 7.11 Å². The summed E-state index contributed by atoms with van der Waals surface area (Å²) in [5.74, 6) is -1.18. The van der Waals surface area contributed by atoms with Gasteiger partial charge in [-0.1, -0.05) is 6.58 Å². The molecule has 16 heavy (non-hydrogen) atoms. The molecule has 0 fully saturated rings. The summed E-state index contributed by atoms with van der Waals surface area (Å²) >= 11 is 0. The maximum absolute atomic E-state index is 11.6. The number of carboxylic acid groups (broad SMARTS) is 1. The lowest BCUT2D eigenvalue weighted by Crippen LogP contribution is -2.05. The van der Waals surface area contributed by atoms with Gasteiger partial charge in [-0.2, -0.15) is 0 Å². The molecular weight excluding hydrogens is 208 g/mol. The number of carbonyl (C=O) groups is 2. The Morgan fingerprint density at radius 2 is 2.00 bits per heavy atom. The first kappa shape index (κ1) is 12.0. The van der Waals surface area contributed by atoms with Crippen LogP contribution in [0.4, 0.5) is 0 Å². The first-order valence-electron chi connectivity index (χ1n) is 4.59. The molecule has 0 atom stereocenters. The molecule has 0 saturated heterocycles. The second-order valence-corrected chi connectivity index (χ2v) is 3.33. The van der Waals surface area contributed by atoms with Crippen molar-refractivity contribution in [2.45, 2.75) is 6.92 Å². The van der Waals surface area contributed by atoms with E-state index in [-0.39, 0.29) is 17.1 Å². The summed E-state index contributed by atoms with van der Waals surface area (Å²) in [7, 11) is 1.38. The highest BCUT2D eigenvalue weighted by atomic mass is 16.5. The molecular formula is C12H12O4. The van der Waals surface area contributed by atoms with Gasteiger partial charge in [0.2, 0.25) is 0 Å². The minimum atomic E-state index is -1.13. The van der Waals surface area contributed by atoms with E-state index in [1.807, 2.05) is 0 Å². The molecule has 0 spiro atoms. The molecule has 0 bridgehead atoms. The molecule has 4 nitrogen and oxygen atoms in total. The van der Waals surface area contributed by atoms with E-state index < -0.39 is 5.97 Å². The fourth-order valence-corrected chi connectivity index (χ4v) is 1.26. The summed E-state index contributed by atoms with van der Waals surface area (Å²) in [6, 6.07) is 4.26. The Balaban J connectivity index is 3.27. The third-order valence-electron chi connectivity index (χ3n) is 2.08. The van der Waals surface area contributed by atoms with Gasteiger partial charge >= 0.3 is 5.97 Å². The van der Waals surface area contributed by atoms with Crippen LogP contribution in [-0.4, -0.2) is 24.0 Å². The number of benzene rings is 1. The van der Waals surface area contributed by atoms with Crippen molar-refractivity contribution < 1.29 is 19.4 Å². The predicted molar refractivity (Wildman–Crippen MR) is 59.1 cm³/mol. The quantitative estimate of drug-likeness (QED) is 0.623. The van der Waals surface area contributed by atoms with Crippen LogP contribution in [0.3, 0.4) is 0 Å². The van der Waals surface area contributed by atoms with Gasteiger partial charge in [-0.25, -0.2) is 4.79 Å². The van der Waals surface area contributed by atoms with Gasteiger partial charge in [-0.05, 0) is 30.7 Å². The molecule has 0 aliphatic rings. The number of allylic oxidation sites excluding steroid dienone is 1. The number of ether oxygens (including phenoxy) is 1. The van der Waals surface area contributed by atoms with Crippen LogP contribution in [-0.2, 0) is 0 Å². The highest BCUT2D eigenvalue weighted by molar-refractivity contribution is 6.09. The van der Waals surface area contributed by atoms with Crippen LogP contribution in [0.15, 0.2) is 30.4 Å². The lowest BCUT2D eigenvalue weighted by molar-refractivity contribution is 0.0693. The number of carboxylic acids is 1. The molecule has 1 rings (SSSR count). The zero-order valence-electron chi connectivity index (χ0n) is 9.11. The van der Waals surface area contributed by atoms with Crippen molar-refractivity contribution >= 4 is 11.8 Å². The van der Waals surface area contributed by atoms with E-state index in [0.29, 0.717) is 11.1 Å². The molecule has 0 heterocycles. The van der Waals surface area contributed by atoms with Crippen molar-refractivity contribution in [2.75, 3.05) is 7.11 Å². The van der Waals surface area contributed by atoms with E-state index in [2.05, 4.69) is 6.58 Å². The molecule has 84 valence electrons. The van der Waals surface area contributed by atoms with Crippen molar-refractivity contribution in [2.24, 2.45) is 0 Å². The number of hydrogen-bond donors (Lipinski definition) is 1. The molecule has 0 aliphatic carbocycles. The predicted octanol–water partition coefficient (Wildman–Crippen LogP) is 2.15. The number of hydrogen-bond acceptors (Lipinski definition) is 3. The van der Waals surface area contributed by atoms with Gasteiger partial charge in [0.25, 0.3) is 0 Å². The molecule has 0 unspecified atom stereocenters. The zero-order chi connectivity index (χ0) is 12.3. The second kappa shape index (κ2) is 4.61. The third kappa shape index (κ3) is 2.28. The van der Waals surface area contributed by atoms with Crippen molar-refractivity contribution in [1.29, 1.82) is 0 Å². The van der Waals surface area contributed by atoms with Crippen molar-refractivity contribution in [1.82, 2.24) is 0 Å². The van der Waals surface area contributed by atoms with E-state index in [9.17, 15) is 9.59 Å². The molecule has 1 aromatic carbocycles. The average molecular weight is 220 g/mol. The fraction of sp³-hybridized carbons (Fsp3) is 0.167. The molecule has 0 amide bonds. The van der Waals surface area contributed by atoms with E-state index in [0.717, 1.165) is 0 Å². The van der Waals surface area contributed by atoms with Crippen LogP contribution in [0.2, 0.25) is 0 Å². The Morgan fingerprint density at radius 3 is 2.44 bits per heavy atom. The lowest BCUT2D eigenvalue weighted by Gasteiger charge is -2.06. The smallest absolute Gasteiger partial charge is 0.339 e. The number of Topliss-reactive ketones (excluding diaryl/α,β-unsaturated/α-hetero) is 1. The average Bonchev–Trinajstić information content (AvgIpc) is 2.26. The van der Waals surface area contributed by atoms with Gasteiger partial charge in [0, 0.05) is 5.56 Å². The van der Waals surface area contributed by atoms with E-state index in [4.69, 9.17) is 9.84 Å². The molecule has 1 aromatic rings. The molecule has 4 heteroatoms. The Labute approximate surface area is 93.2 Å². The number of carbonyl (C=O) groups excluding carboxylic acids is 1. The Bertz CT molecular complexity index is 460. The van der Waals surface area contributed by atoms with E-state index in [1.165, 1.54) is 25.3 Å². The van der Waals surface area contributed by atoms with Crippen LogP contribution in [0, 0.1) is 0 Å². The summed E-state index contributed by atoms with van der Waals surface area (Å²) in [6.07, 6.45) is 0. The van der Waals surface area contributed by atoms with Crippen LogP contribution < -0.4 is 4.74 Å². The summed E-state index contributed by atoms with van der Waals surface area (Å²) in [6.45, 7) is 5.10. The summed E-state index contributed by atoms with van der Waals surface area (Å²) in [4.78, 5) is 22.5. The standard InChI is InChI=1S/C12H12O4/c1-7(2)11(13)8-4-5-10(16-3)9(6-8)12(14)15/h4-6H,1H2,2-3H3,(H,14,15). The molecule has 0 radical (unpaired) electrons. The van der Waals surface area contributed by atoms with Crippen LogP contribution >= 0.6 is 0 Å². The monoisotopic (exact) mass is 220 g/mol. The normalized spacial score (nSPS) is 9.62. The largest absolute Gasteiger partial charge is 0.496 e. The van der Waals surface area contributed by atoms with Crippen LogP contribution in [0.5, 0.6) is 5.75 Å². The van der Waals surface area contributed by atoms with Crippen LogP contribution in [0.1, 0.15) is 27.6 Å². The zero-order valence-corrected chi connectivity index (χ0v) is 9.11. The Kier molecular flexibility index (Phi) is 3.45. The summed E-state index contributed by atoms with van der Waals surface area (Å²) < 4.78 is 4.89. The minimum Gasteiger partial charge on any atom is -0.496 e. The maximum Gasteiger partial charge on any atom is 0.339 e. The number of ketones is 1. The topological polar surface area (TPSA) is 63.6 Å². The van der Waals surface area contributed by atoms with E-state index in [1.54, 1.807) is 6.92 Å². The Morgan fingerprint density at radius 1 is 1.38 bits per heavy atom. The fourth-order valence-electron chi connectivity index (χ4n) is 1.26. The molecule has 0 aliphatic heterocycles. The first-order valence-corrected chi connectivity index (χ1v) is 4.59. The summed E-state index contributed by atoms with van der Waals surface area (Å²) in [5.41, 5.74) is 0.627. The molecule has 1 N–H and O–H groups in total. The number of methoxy groups -OCH3 is 1. The summed E-state index contributed by atoms with van der Waals surface area (Å²) in [5, 5.41) is 8.93.